The quantitative estimate of drug-likeness (QED) is 0.723. The van der Waals surface area contributed by atoms with E-state index in [0.29, 0.717) is 11.4 Å². The first-order valence-electron chi connectivity index (χ1n) is 5.95. The van der Waals surface area contributed by atoms with Gasteiger partial charge in [0.25, 0.3) is 0 Å². The highest BCUT2D eigenvalue weighted by Crippen LogP contribution is 2.24. The van der Waals surface area contributed by atoms with Crippen molar-refractivity contribution in [2.24, 2.45) is 0 Å². The standard InChI is InChI=1S/C15H9ClN4/c16-13-7-10(9-17)8-14(20-13)19-12-5-1-3-11-4-2-6-18-15(11)12/h1-8H,(H,19,20). The molecule has 4 nitrogen and oxygen atoms in total. The first kappa shape index (κ1) is 12.4. The second-order valence-corrected chi connectivity index (χ2v) is 4.57. The van der Waals surface area contributed by atoms with Gasteiger partial charge in [-0.3, -0.25) is 4.98 Å². The van der Waals surface area contributed by atoms with E-state index in [0.717, 1.165) is 16.6 Å². The lowest BCUT2D eigenvalue weighted by atomic mass is 10.2. The summed E-state index contributed by atoms with van der Waals surface area (Å²) in [6.07, 6.45) is 1.74. The maximum atomic E-state index is 8.95. The molecule has 20 heavy (non-hydrogen) atoms. The molecule has 0 spiro atoms. The molecule has 0 radical (unpaired) electrons. The van der Waals surface area contributed by atoms with E-state index in [4.69, 9.17) is 16.9 Å². The van der Waals surface area contributed by atoms with Crippen molar-refractivity contribution in [3.63, 3.8) is 0 Å². The molecule has 3 aromatic rings. The molecule has 0 aliphatic heterocycles. The van der Waals surface area contributed by atoms with Crippen molar-refractivity contribution in [3.05, 3.63) is 59.4 Å². The number of halogens is 1. The summed E-state index contributed by atoms with van der Waals surface area (Å²) >= 11 is 5.90. The third-order valence-electron chi connectivity index (χ3n) is 2.82. The van der Waals surface area contributed by atoms with Gasteiger partial charge in [-0.1, -0.05) is 29.8 Å². The third kappa shape index (κ3) is 2.40. The number of para-hydroxylation sites is 1. The van der Waals surface area contributed by atoms with Crippen molar-refractivity contribution in [2.75, 3.05) is 5.32 Å². The van der Waals surface area contributed by atoms with Crippen LogP contribution in [0.2, 0.25) is 5.15 Å². The van der Waals surface area contributed by atoms with Crippen molar-refractivity contribution >= 4 is 34.0 Å². The van der Waals surface area contributed by atoms with Gasteiger partial charge in [0.15, 0.2) is 0 Å². The molecule has 0 amide bonds. The molecule has 0 fully saturated rings. The van der Waals surface area contributed by atoms with Crippen LogP contribution in [0, 0.1) is 11.3 Å². The maximum absolute atomic E-state index is 8.95. The van der Waals surface area contributed by atoms with Gasteiger partial charge >= 0.3 is 0 Å². The summed E-state index contributed by atoms with van der Waals surface area (Å²) in [6.45, 7) is 0. The topological polar surface area (TPSA) is 61.6 Å². The van der Waals surface area contributed by atoms with E-state index in [1.165, 1.54) is 6.07 Å². The molecule has 96 valence electrons. The van der Waals surface area contributed by atoms with E-state index in [-0.39, 0.29) is 5.15 Å². The highest BCUT2D eigenvalue weighted by atomic mass is 35.5. The third-order valence-corrected chi connectivity index (χ3v) is 3.01. The number of fused-ring (bicyclic) bond motifs is 1. The zero-order valence-electron chi connectivity index (χ0n) is 10.3. The minimum absolute atomic E-state index is 0.278. The highest BCUT2D eigenvalue weighted by Gasteiger charge is 2.05. The fraction of sp³-hybridized carbons (Fsp3) is 0. The Bertz CT molecular complexity index is 818. The summed E-state index contributed by atoms with van der Waals surface area (Å²) in [7, 11) is 0. The molecule has 0 bridgehead atoms. The lowest BCUT2D eigenvalue weighted by Gasteiger charge is -2.08. The van der Waals surface area contributed by atoms with Crippen LogP contribution in [0.4, 0.5) is 11.5 Å². The second-order valence-electron chi connectivity index (χ2n) is 4.18. The number of nitrogens with zero attached hydrogens (tertiary/aromatic N) is 3. The first-order chi connectivity index (χ1) is 9.76. The predicted molar refractivity (Wildman–Crippen MR) is 79.0 cm³/mol. The number of rotatable bonds is 2. The molecule has 0 saturated carbocycles. The van der Waals surface area contributed by atoms with Gasteiger partial charge in [0.1, 0.15) is 11.0 Å². The molecule has 0 unspecified atom stereocenters. The Kier molecular flexibility index (Phi) is 3.20. The molecule has 1 aromatic carbocycles. The van der Waals surface area contributed by atoms with E-state index in [1.807, 2.05) is 30.3 Å². The average Bonchev–Trinajstić information content (AvgIpc) is 2.47. The van der Waals surface area contributed by atoms with Gasteiger partial charge in [-0.05, 0) is 24.3 Å². The smallest absolute Gasteiger partial charge is 0.133 e. The highest BCUT2D eigenvalue weighted by molar-refractivity contribution is 6.29. The van der Waals surface area contributed by atoms with E-state index in [9.17, 15) is 0 Å². The fourth-order valence-electron chi connectivity index (χ4n) is 1.97. The van der Waals surface area contributed by atoms with E-state index < -0.39 is 0 Å². The minimum Gasteiger partial charge on any atom is -0.338 e. The van der Waals surface area contributed by atoms with Gasteiger partial charge < -0.3 is 5.32 Å². The van der Waals surface area contributed by atoms with Crippen LogP contribution in [0.15, 0.2) is 48.7 Å². The van der Waals surface area contributed by atoms with Crippen LogP contribution in [-0.4, -0.2) is 9.97 Å². The van der Waals surface area contributed by atoms with Gasteiger partial charge in [-0.15, -0.1) is 0 Å². The molecule has 0 aliphatic rings. The van der Waals surface area contributed by atoms with Crippen LogP contribution < -0.4 is 5.32 Å². The average molecular weight is 281 g/mol. The molecule has 0 saturated heterocycles. The number of hydrogen-bond acceptors (Lipinski definition) is 4. The van der Waals surface area contributed by atoms with Gasteiger partial charge in [0, 0.05) is 11.6 Å². The molecule has 0 aliphatic carbocycles. The summed E-state index contributed by atoms with van der Waals surface area (Å²) < 4.78 is 0. The van der Waals surface area contributed by atoms with Crippen LogP contribution in [-0.2, 0) is 0 Å². The molecule has 2 heterocycles. The Morgan fingerprint density at radius 3 is 2.85 bits per heavy atom. The Morgan fingerprint density at radius 1 is 1.15 bits per heavy atom. The maximum Gasteiger partial charge on any atom is 0.133 e. The van der Waals surface area contributed by atoms with Crippen LogP contribution in [0.3, 0.4) is 0 Å². The monoisotopic (exact) mass is 280 g/mol. The largest absolute Gasteiger partial charge is 0.338 e. The van der Waals surface area contributed by atoms with E-state index in [2.05, 4.69) is 21.4 Å². The summed E-state index contributed by atoms with van der Waals surface area (Å²) in [6, 6.07) is 14.9. The number of aromatic nitrogens is 2. The minimum atomic E-state index is 0.278. The summed E-state index contributed by atoms with van der Waals surface area (Å²) in [5.41, 5.74) is 2.12. The molecular formula is C15H9ClN4. The SMILES string of the molecule is N#Cc1cc(Cl)nc(Nc2cccc3cccnc23)c1. The van der Waals surface area contributed by atoms with E-state index >= 15 is 0 Å². The number of hydrogen-bond donors (Lipinski definition) is 1. The number of nitrogens with one attached hydrogen (secondary N) is 1. The van der Waals surface area contributed by atoms with Crippen molar-refractivity contribution < 1.29 is 0 Å². The fourth-order valence-corrected chi connectivity index (χ4v) is 2.18. The summed E-state index contributed by atoms with van der Waals surface area (Å²) in [4.78, 5) is 8.51. The molecule has 2 aromatic heterocycles. The van der Waals surface area contributed by atoms with Gasteiger partial charge in [-0.2, -0.15) is 5.26 Å². The number of nitriles is 1. The van der Waals surface area contributed by atoms with Crippen LogP contribution in [0.5, 0.6) is 0 Å². The van der Waals surface area contributed by atoms with Gasteiger partial charge in [0.05, 0.1) is 22.8 Å². The Hall–Kier alpha value is -2.64. The van der Waals surface area contributed by atoms with Crippen LogP contribution in [0.25, 0.3) is 10.9 Å². The van der Waals surface area contributed by atoms with Crippen molar-refractivity contribution in [1.82, 2.24) is 9.97 Å². The van der Waals surface area contributed by atoms with Crippen LogP contribution >= 0.6 is 11.6 Å². The normalized spacial score (nSPS) is 10.2. The summed E-state index contributed by atoms with van der Waals surface area (Å²) in [5, 5.41) is 13.4. The van der Waals surface area contributed by atoms with Gasteiger partial charge in [-0.25, -0.2) is 4.98 Å². The molecule has 5 heteroatoms. The molecule has 3 rings (SSSR count). The zero-order chi connectivity index (χ0) is 13.9. The number of anilines is 2. The lowest BCUT2D eigenvalue weighted by Crippen LogP contribution is -1.96. The van der Waals surface area contributed by atoms with Crippen LogP contribution in [0.1, 0.15) is 5.56 Å². The molecule has 1 N–H and O–H groups in total. The molecule has 0 atom stereocenters. The van der Waals surface area contributed by atoms with Crippen molar-refractivity contribution in [2.45, 2.75) is 0 Å². The number of pyridine rings is 2. The number of benzene rings is 1. The summed E-state index contributed by atoms with van der Waals surface area (Å²) in [5.74, 6) is 0.521. The zero-order valence-corrected chi connectivity index (χ0v) is 11.1. The Balaban J connectivity index is 2.06. The first-order valence-corrected chi connectivity index (χ1v) is 6.32. The predicted octanol–water partition coefficient (Wildman–Crippen LogP) is 3.90. The Labute approximate surface area is 120 Å². The molecular weight excluding hydrogens is 272 g/mol. The van der Waals surface area contributed by atoms with Crippen molar-refractivity contribution in [1.29, 1.82) is 5.26 Å². The van der Waals surface area contributed by atoms with Crippen molar-refractivity contribution in [3.8, 4) is 6.07 Å². The lowest BCUT2D eigenvalue weighted by molar-refractivity contribution is 1.29. The second kappa shape index (κ2) is 5.16. The Morgan fingerprint density at radius 2 is 2.00 bits per heavy atom. The van der Waals surface area contributed by atoms with E-state index in [1.54, 1.807) is 12.3 Å². The van der Waals surface area contributed by atoms with Gasteiger partial charge in [0.2, 0.25) is 0 Å².